The van der Waals surface area contributed by atoms with Crippen LogP contribution in [0.1, 0.15) is 20.8 Å². The molecule has 17 heavy (non-hydrogen) atoms. The molecule has 5 N–H and O–H groups in total. The quantitative estimate of drug-likeness (QED) is 0.443. The molecule has 1 rings (SSSR count). The van der Waals surface area contributed by atoms with Crippen molar-refractivity contribution in [3.63, 3.8) is 0 Å². The average molecular weight is 265 g/mol. The minimum Gasteiger partial charge on any atom is -0.421 e. The van der Waals surface area contributed by atoms with Crippen LogP contribution in [0.3, 0.4) is 0 Å². The lowest BCUT2D eigenvalue weighted by atomic mass is 9.98. The summed E-state index contributed by atoms with van der Waals surface area (Å²) in [6.07, 6.45) is -4.31. The molecule has 0 aromatic heterocycles. The topological polar surface area (TPSA) is 105 Å². The zero-order valence-corrected chi connectivity index (χ0v) is 12.0. The van der Waals surface area contributed by atoms with Gasteiger partial charge in [-0.25, -0.2) is 0 Å². The first-order valence-electron chi connectivity index (χ1n) is 5.75. The van der Waals surface area contributed by atoms with E-state index in [0.29, 0.717) is 0 Å². The molecular weight excluding hydrogens is 242 g/mol. The predicted molar refractivity (Wildman–Crippen MR) is 65.1 cm³/mol. The summed E-state index contributed by atoms with van der Waals surface area (Å²) in [6.45, 7) is 6.41. The number of ether oxygens (including phenoxy) is 1. The van der Waals surface area contributed by atoms with Crippen LogP contribution >= 0.6 is 0 Å². The van der Waals surface area contributed by atoms with Crippen molar-refractivity contribution >= 4 is 9.76 Å². The number of rotatable bonds is 3. The molecule has 1 saturated heterocycles. The summed E-state index contributed by atoms with van der Waals surface area (Å²) < 4.78 is 10.6. The summed E-state index contributed by atoms with van der Waals surface area (Å²) in [5.41, 5.74) is 5.46. The van der Waals surface area contributed by atoms with Gasteiger partial charge in [0.25, 0.3) is 0 Å². The summed E-state index contributed by atoms with van der Waals surface area (Å²) >= 11 is 0. The van der Waals surface area contributed by atoms with Crippen molar-refractivity contribution < 1.29 is 24.5 Å². The van der Waals surface area contributed by atoms with Crippen LogP contribution in [0.15, 0.2) is 0 Å². The maximum atomic E-state index is 9.72. The lowest BCUT2D eigenvalue weighted by molar-refractivity contribution is -0.247. The minimum atomic E-state index is -1.27. The Kier molecular flexibility index (Phi) is 5.08. The fraction of sp³-hybridized carbons (Fsp3) is 1.00. The number of nitrogens with two attached hydrogens (primary N) is 1. The number of aliphatic hydroxyl groups excluding tert-OH is 3. The Bertz CT molecular complexity index is 247. The third-order valence-corrected chi connectivity index (χ3v) is 3.89. The first kappa shape index (κ1) is 15.0. The van der Waals surface area contributed by atoms with Crippen LogP contribution < -0.4 is 5.73 Å². The van der Waals surface area contributed by atoms with Gasteiger partial charge in [0.05, 0.1) is 12.6 Å². The molecule has 0 saturated carbocycles. The average Bonchev–Trinajstić information content (AvgIpc) is 2.21. The molecule has 102 valence electrons. The van der Waals surface area contributed by atoms with E-state index in [1.807, 2.05) is 0 Å². The molecule has 0 aromatic carbocycles. The molecule has 7 heteroatoms. The van der Waals surface area contributed by atoms with Gasteiger partial charge in [0, 0.05) is 0 Å². The molecule has 0 spiro atoms. The summed E-state index contributed by atoms with van der Waals surface area (Å²) in [7, 11) is -0.751. The second kappa shape index (κ2) is 5.74. The Hall–Kier alpha value is -0.0231. The van der Waals surface area contributed by atoms with Crippen LogP contribution in [0.25, 0.3) is 0 Å². The van der Waals surface area contributed by atoms with E-state index in [-0.39, 0.29) is 11.6 Å². The molecule has 1 aliphatic rings. The van der Waals surface area contributed by atoms with Crippen molar-refractivity contribution in [2.75, 3.05) is 6.61 Å². The molecule has 0 radical (unpaired) electrons. The fourth-order valence-corrected chi connectivity index (χ4v) is 2.55. The molecule has 0 aromatic rings. The molecule has 6 nitrogen and oxygen atoms in total. The van der Waals surface area contributed by atoms with Crippen LogP contribution in [0.4, 0.5) is 0 Å². The molecular formula is C10H23NO5Si. The highest BCUT2D eigenvalue weighted by Crippen LogP contribution is 2.22. The van der Waals surface area contributed by atoms with Crippen LogP contribution in [-0.2, 0) is 9.16 Å². The third kappa shape index (κ3) is 4.29. The molecule has 0 bridgehead atoms. The highest BCUT2D eigenvalue weighted by atomic mass is 28.2. The van der Waals surface area contributed by atoms with Gasteiger partial charge in [0.2, 0.25) is 0 Å². The number of hydrogen-bond donors (Lipinski definition) is 4. The fourth-order valence-electron chi connectivity index (χ4n) is 1.59. The van der Waals surface area contributed by atoms with E-state index in [4.69, 9.17) is 14.9 Å². The van der Waals surface area contributed by atoms with Crippen molar-refractivity contribution in [1.29, 1.82) is 0 Å². The van der Waals surface area contributed by atoms with Crippen molar-refractivity contribution in [3.8, 4) is 0 Å². The van der Waals surface area contributed by atoms with Crippen molar-refractivity contribution in [2.45, 2.75) is 56.5 Å². The molecule has 5 atom stereocenters. The maximum Gasteiger partial charge on any atom is 0.172 e. The normalized spacial score (nSPS) is 40.1. The molecule has 1 heterocycles. The summed E-state index contributed by atoms with van der Waals surface area (Å²) in [4.78, 5) is 0. The van der Waals surface area contributed by atoms with E-state index in [1.165, 1.54) is 0 Å². The van der Waals surface area contributed by atoms with Crippen LogP contribution in [0.5, 0.6) is 0 Å². The Labute approximate surface area is 104 Å². The second-order valence-corrected chi connectivity index (χ2v) is 8.52. The Morgan fingerprint density at radius 1 is 1.24 bits per heavy atom. The van der Waals surface area contributed by atoms with Crippen LogP contribution in [-0.4, -0.2) is 62.3 Å². The first-order chi connectivity index (χ1) is 7.72. The highest BCUT2D eigenvalue weighted by Gasteiger charge is 2.41. The van der Waals surface area contributed by atoms with Gasteiger partial charge in [-0.1, -0.05) is 20.8 Å². The van der Waals surface area contributed by atoms with Crippen molar-refractivity contribution in [3.05, 3.63) is 0 Å². The van der Waals surface area contributed by atoms with Crippen molar-refractivity contribution in [2.24, 2.45) is 5.73 Å². The zero-order valence-electron chi connectivity index (χ0n) is 10.5. The van der Waals surface area contributed by atoms with E-state index in [1.54, 1.807) is 0 Å². The zero-order chi connectivity index (χ0) is 13.2. The van der Waals surface area contributed by atoms with Crippen molar-refractivity contribution in [1.82, 2.24) is 0 Å². The lowest BCUT2D eigenvalue weighted by Gasteiger charge is -2.39. The van der Waals surface area contributed by atoms with Gasteiger partial charge in [-0.2, -0.15) is 0 Å². The van der Waals surface area contributed by atoms with Gasteiger partial charge in [-0.15, -0.1) is 0 Å². The smallest absolute Gasteiger partial charge is 0.172 e. The Morgan fingerprint density at radius 3 is 2.35 bits per heavy atom. The maximum absolute atomic E-state index is 9.72. The highest BCUT2D eigenvalue weighted by molar-refractivity contribution is 6.31. The molecule has 0 aliphatic carbocycles. The number of hydrogen-bond acceptors (Lipinski definition) is 6. The largest absolute Gasteiger partial charge is 0.421 e. The van der Waals surface area contributed by atoms with Gasteiger partial charge >= 0.3 is 0 Å². The lowest BCUT2D eigenvalue weighted by Crippen LogP contribution is -2.62. The molecule has 0 amide bonds. The Balaban J connectivity index is 2.43. The second-order valence-electron chi connectivity index (χ2n) is 5.70. The van der Waals surface area contributed by atoms with E-state index >= 15 is 0 Å². The van der Waals surface area contributed by atoms with Gasteiger partial charge in [-0.05, 0) is 5.04 Å². The Morgan fingerprint density at radius 2 is 1.82 bits per heavy atom. The molecule has 1 unspecified atom stereocenters. The minimum absolute atomic E-state index is 0.146. The molecule has 1 aliphatic heterocycles. The van der Waals surface area contributed by atoms with Gasteiger partial charge in [0.15, 0.2) is 16.1 Å². The summed E-state index contributed by atoms with van der Waals surface area (Å²) in [5.74, 6) is 0. The number of aliphatic hydroxyl groups is 3. The molecule has 1 fully saturated rings. The van der Waals surface area contributed by atoms with E-state index in [9.17, 15) is 15.3 Å². The van der Waals surface area contributed by atoms with Gasteiger partial charge < -0.3 is 30.2 Å². The van der Waals surface area contributed by atoms with Gasteiger partial charge in [0.1, 0.15) is 18.3 Å². The van der Waals surface area contributed by atoms with E-state index in [2.05, 4.69) is 20.8 Å². The standard InChI is InChI=1S/C10H23NO5Si/c1-10(2,3)17-15-4-5-7(12)8(13)6(11)9(14)16-5/h5-9,12-14H,4,11,17H2,1-3H3/t5-,6-,7-,8-,9?/m1/s1. The monoisotopic (exact) mass is 265 g/mol. The van der Waals surface area contributed by atoms with Crippen LogP contribution in [0, 0.1) is 0 Å². The first-order valence-corrected chi connectivity index (χ1v) is 7.04. The third-order valence-electron chi connectivity index (χ3n) is 2.59. The van der Waals surface area contributed by atoms with Crippen LogP contribution in [0.2, 0.25) is 5.04 Å². The van der Waals surface area contributed by atoms with E-state index < -0.39 is 40.4 Å². The summed E-state index contributed by atoms with van der Waals surface area (Å²) in [6, 6.07) is -0.985. The summed E-state index contributed by atoms with van der Waals surface area (Å²) in [5, 5.41) is 28.9. The SMILES string of the molecule is CC(C)(C)[SiH2]OC[C@H]1OC(O)[C@H](N)[C@@H](O)[C@@H]1O. The van der Waals surface area contributed by atoms with E-state index in [0.717, 1.165) is 0 Å². The predicted octanol–water partition coefficient (Wildman–Crippen LogP) is -1.93. The van der Waals surface area contributed by atoms with Gasteiger partial charge in [-0.3, -0.25) is 0 Å².